The maximum atomic E-state index is 11.7. The summed E-state index contributed by atoms with van der Waals surface area (Å²) in [7, 11) is 1.38. The Hall–Kier alpha value is -2.27. The van der Waals surface area contributed by atoms with Gasteiger partial charge < -0.3 is 15.0 Å². The summed E-state index contributed by atoms with van der Waals surface area (Å²) in [4.78, 5) is 17.9. The molecule has 108 valence electrons. The van der Waals surface area contributed by atoms with Gasteiger partial charge in [0.15, 0.2) is 5.82 Å². The van der Waals surface area contributed by atoms with E-state index in [0.717, 1.165) is 17.1 Å². The predicted molar refractivity (Wildman–Crippen MR) is 81.4 cm³/mol. The number of rotatable bonds is 3. The molecule has 2 heterocycles. The third kappa shape index (κ3) is 2.64. The van der Waals surface area contributed by atoms with Crippen LogP contribution in [-0.2, 0) is 9.53 Å². The minimum atomic E-state index is -0.299. The lowest BCUT2D eigenvalue weighted by atomic mass is 10.1. The molecule has 1 N–H and O–H groups in total. The van der Waals surface area contributed by atoms with Gasteiger partial charge in [-0.2, -0.15) is 0 Å². The minimum absolute atomic E-state index is 0.148. The first-order chi connectivity index (χ1) is 10.2. The van der Waals surface area contributed by atoms with Crippen LogP contribution in [-0.4, -0.2) is 24.6 Å². The second kappa shape index (κ2) is 5.61. The van der Waals surface area contributed by atoms with Crippen LogP contribution in [0.5, 0.6) is 0 Å². The Kier molecular flexibility index (Phi) is 3.66. The van der Waals surface area contributed by atoms with Crippen molar-refractivity contribution in [3.8, 4) is 0 Å². The SMILES string of the molecule is COC(=O)CN1c2cccnc2NC1c1ccc(Cl)cc1. The molecule has 0 aliphatic carbocycles. The first-order valence-corrected chi connectivity index (χ1v) is 6.87. The van der Waals surface area contributed by atoms with Gasteiger partial charge in [-0.25, -0.2) is 4.98 Å². The van der Waals surface area contributed by atoms with Crippen molar-refractivity contribution in [3.63, 3.8) is 0 Å². The van der Waals surface area contributed by atoms with Crippen LogP contribution in [0.1, 0.15) is 11.7 Å². The zero-order valence-corrected chi connectivity index (χ0v) is 12.2. The van der Waals surface area contributed by atoms with Crippen molar-refractivity contribution in [2.24, 2.45) is 0 Å². The number of pyridine rings is 1. The van der Waals surface area contributed by atoms with Gasteiger partial charge in [-0.15, -0.1) is 0 Å². The molecular weight excluding hydrogens is 290 g/mol. The third-order valence-electron chi connectivity index (χ3n) is 3.39. The average molecular weight is 304 g/mol. The topological polar surface area (TPSA) is 54.5 Å². The van der Waals surface area contributed by atoms with Crippen molar-refractivity contribution in [3.05, 3.63) is 53.2 Å². The quantitative estimate of drug-likeness (QED) is 0.884. The van der Waals surface area contributed by atoms with Crippen LogP contribution in [0.25, 0.3) is 0 Å². The molecule has 5 nitrogen and oxygen atoms in total. The van der Waals surface area contributed by atoms with Gasteiger partial charge in [0.25, 0.3) is 0 Å². The standard InChI is InChI=1S/C15H14ClN3O2/c1-21-13(20)9-19-12-3-2-8-17-14(12)18-15(19)10-4-6-11(16)7-5-10/h2-8,15H,9H2,1H3,(H,17,18). The van der Waals surface area contributed by atoms with E-state index in [1.165, 1.54) is 7.11 Å². The number of carbonyl (C=O) groups is 1. The number of hydrogen-bond acceptors (Lipinski definition) is 5. The van der Waals surface area contributed by atoms with Crippen LogP contribution >= 0.6 is 11.6 Å². The van der Waals surface area contributed by atoms with E-state index < -0.39 is 0 Å². The van der Waals surface area contributed by atoms with E-state index in [1.54, 1.807) is 6.20 Å². The lowest BCUT2D eigenvalue weighted by Crippen LogP contribution is -2.33. The zero-order valence-electron chi connectivity index (χ0n) is 11.4. The Balaban J connectivity index is 1.96. The number of carbonyl (C=O) groups excluding carboxylic acids is 1. The Morgan fingerprint density at radius 1 is 1.38 bits per heavy atom. The Morgan fingerprint density at radius 2 is 2.14 bits per heavy atom. The summed E-state index contributed by atoms with van der Waals surface area (Å²) in [5, 5.41) is 3.99. The van der Waals surface area contributed by atoms with Crippen molar-refractivity contribution in [1.82, 2.24) is 4.98 Å². The summed E-state index contributed by atoms with van der Waals surface area (Å²) in [6.45, 7) is 0.148. The van der Waals surface area contributed by atoms with Gasteiger partial charge in [-0.05, 0) is 29.8 Å². The van der Waals surface area contributed by atoms with Gasteiger partial charge in [0.05, 0.1) is 12.8 Å². The van der Waals surface area contributed by atoms with Gasteiger partial charge in [0, 0.05) is 11.2 Å². The number of ether oxygens (including phenoxy) is 1. The number of fused-ring (bicyclic) bond motifs is 1. The first-order valence-electron chi connectivity index (χ1n) is 6.49. The van der Waals surface area contributed by atoms with Gasteiger partial charge in [-0.3, -0.25) is 4.79 Å². The summed E-state index contributed by atoms with van der Waals surface area (Å²) in [5.74, 6) is 0.453. The fourth-order valence-electron chi connectivity index (χ4n) is 2.37. The van der Waals surface area contributed by atoms with Crippen LogP contribution in [0, 0.1) is 0 Å². The highest BCUT2D eigenvalue weighted by molar-refractivity contribution is 6.30. The molecule has 1 aromatic carbocycles. The molecule has 21 heavy (non-hydrogen) atoms. The lowest BCUT2D eigenvalue weighted by Gasteiger charge is -2.25. The normalized spacial score (nSPS) is 16.3. The molecule has 0 bridgehead atoms. The number of nitrogens with one attached hydrogen (secondary N) is 1. The summed E-state index contributed by atoms with van der Waals surface area (Å²) in [6.07, 6.45) is 1.54. The molecule has 0 fully saturated rings. The summed E-state index contributed by atoms with van der Waals surface area (Å²) in [6, 6.07) is 11.3. The average Bonchev–Trinajstić information content (AvgIpc) is 2.87. The summed E-state index contributed by atoms with van der Waals surface area (Å²) < 4.78 is 4.78. The molecule has 3 rings (SSSR count). The second-order valence-corrected chi connectivity index (χ2v) is 5.11. The molecule has 1 unspecified atom stereocenters. The third-order valence-corrected chi connectivity index (χ3v) is 3.65. The van der Waals surface area contributed by atoms with Crippen LogP contribution < -0.4 is 10.2 Å². The molecule has 0 radical (unpaired) electrons. The molecule has 6 heteroatoms. The number of esters is 1. The molecule has 0 saturated heterocycles. The maximum absolute atomic E-state index is 11.7. The molecule has 1 aromatic heterocycles. The molecule has 1 aliphatic rings. The number of aromatic nitrogens is 1. The molecule has 0 spiro atoms. The smallest absolute Gasteiger partial charge is 0.325 e. The second-order valence-electron chi connectivity index (χ2n) is 4.67. The Bertz CT molecular complexity index is 660. The highest BCUT2D eigenvalue weighted by Gasteiger charge is 2.32. The largest absolute Gasteiger partial charge is 0.468 e. The summed E-state index contributed by atoms with van der Waals surface area (Å²) in [5.41, 5.74) is 1.88. The van der Waals surface area contributed by atoms with Crippen LogP contribution in [0.2, 0.25) is 5.02 Å². The van der Waals surface area contributed by atoms with Gasteiger partial charge >= 0.3 is 5.97 Å². The van der Waals surface area contributed by atoms with Crippen molar-refractivity contribution < 1.29 is 9.53 Å². The fourth-order valence-corrected chi connectivity index (χ4v) is 2.50. The predicted octanol–water partition coefficient (Wildman–Crippen LogP) is 2.84. The molecule has 0 amide bonds. The van der Waals surface area contributed by atoms with Gasteiger partial charge in [0.1, 0.15) is 12.7 Å². The van der Waals surface area contributed by atoms with E-state index in [1.807, 2.05) is 41.3 Å². The molecule has 1 aliphatic heterocycles. The van der Waals surface area contributed by atoms with Crippen LogP contribution in [0.3, 0.4) is 0 Å². The minimum Gasteiger partial charge on any atom is -0.468 e. The van der Waals surface area contributed by atoms with Crippen LogP contribution in [0.4, 0.5) is 11.5 Å². The van der Waals surface area contributed by atoms with E-state index in [4.69, 9.17) is 16.3 Å². The maximum Gasteiger partial charge on any atom is 0.325 e. The number of halogens is 1. The highest BCUT2D eigenvalue weighted by atomic mass is 35.5. The number of benzene rings is 1. The van der Waals surface area contributed by atoms with E-state index >= 15 is 0 Å². The number of anilines is 2. The highest BCUT2D eigenvalue weighted by Crippen LogP contribution is 2.39. The van der Waals surface area contributed by atoms with E-state index in [9.17, 15) is 4.79 Å². The lowest BCUT2D eigenvalue weighted by molar-refractivity contribution is -0.139. The van der Waals surface area contributed by atoms with Gasteiger partial charge in [0.2, 0.25) is 0 Å². The van der Waals surface area contributed by atoms with Crippen molar-refractivity contribution >= 4 is 29.1 Å². The molecular formula is C15H14ClN3O2. The Labute approximate surface area is 127 Å². The number of hydrogen-bond donors (Lipinski definition) is 1. The van der Waals surface area contributed by atoms with E-state index in [2.05, 4.69) is 10.3 Å². The summed E-state index contributed by atoms with van der Waals surface area (Å²) >= 11 is 5.93. The van der Waals surface area contributed by atoms with Crippen molar-refractivity contribution in [2.75, 3.05) is 23.9 Å². The zero-order chi connectivity index (χ0) is 14.8. The monoisotopic (exact) mass is 303 g/mol. The number of nitrogens with zero attached hydrogens (tertiary/aromatic N) is 2. The van der Waals surface area contributed by atoms with Gasteiger partial charge in [-0.1, -0.05) is 23.7 Å². The first kappa shape index (κ1) is 13.7. The number of methoxy groups -OCH3 is 1. The molecule has 1 atom stereocenters. The Morgan fingerprint density at radius 3 is 2.86 bits per heavy atom. The fraction of sp³-hybridized carbons (Fsp3) is 0.200. The van der Waals surface area contributed by atoms with Crippen LogP contribution in [0.15, 0.2) is 42.6 Å². The van der Waals surface area contributed by atoms with Crippen molar-refractivity contribution in [1.29, 1.82) is 0 Å². The van der Waals surface area contributed by atoms with E-state index in [0.29, 0.717) is 5.02 Å². The molecule has 0 saturated carbocycles. The molecule has 2 aromatic rings. The van der Waals surface area contributed by atoms with E-state index in [-0.39, 0.29) is 18.7 Å². The van der Waals surface area contributed by atoms with Crippen molar-refractivity contribution in [2.45, 2.75) is 6.17 Å².